The van der Waals surface area contributed by atoms with Gasteiger partial charge in [0.15, 0.2) is 0 Å². The van der Waals surface area contributed by atoms with Gasteiger partial charge < -0.3 is 5.11 Å². The van der Waals surface area contributed by atoms with Gasteiger partial charge in [0, 0.05) is 18.4 Å². The first-order valence-electron chi connectivity index (χ1n) is 8.34. The van der Waals surface area contributed by atoms with Crippen molar-refractivity contribution in [1.82, 2.24) is 9.78 Å². The van der Waals surface area contributed by atoms with Gasteiger partial charge in [-0.15, -0.1) is 0 Å². The summed E-state index contributed by atoms with van der Waals surface area (Å²) in [5, 5.41) is 15.9. The van der Waals surface area contributed by atoms with Crippen molar-refractivity contribution in [1.29, 1.82) is 0 Å². The van der Waals surface area contributed by atoms with Gasteiger partial charge in [0.1, 0.15) is 0 Å². The van der Waals surface area contributed by atoms with Gasteiger partial charge in [-0.1, -0.05) is 33.1 Å². The van der Waals surface area contributed by atoms with Crippen LogP contribution in [0.4, 0.5) is 0 Å². The highest BCUT2D eigenvalue weighted by Crippen LogP contribution is 2.44. The van der Waals surface area contributed by atoms with Gasteiger partial charge in [0.25, 0.3) is 0 Å². The molecule has 0 amide bonds. The zero-order valence-corrected chi connectivity index (χ0v) is 14.2. The Balaban J connectivity index is 1.71. The summed E-state index contributed by atoms with van der Waals surface area (Å²) in [5.74, 6) is 1.99. The Morgan fingerprint density at radius 2 is 2.10 bits per heavy atom. The third-order valence-electron chi connectivity index (χ3n) is 5.56. The van der Waals surface area contributed by atoms with Gasteiger partial charge in [0.2, 0.25) is 0 Å². The van der Waals surface area contributed by atoms with Crippen LogP contribution in [0, 0.1) is 5.41 Å². The molecule has 1 N–H and O–H groups in total. The second-order valence-electron chi connectivity index (χ2n) is 7.47. The van der Waals surface area contributed by atoms with E-state index in [0.717, 1.165) is 23.6 Å². The predicted molar refractivity (Wildman–Crippen MR) is 88.7 cm³/mol. The molecule has 0 radical (unpaired) electrons. The fourth-order valence-electron chi connectivity index (χ4n) is 3.61. The molecule has 0 spiro atoms. The normalized spacial score (nSPS) is 30.4. The fraction of sp³-hybridized carbons (Fsp3) is 0.824. The Bertz CT molecular complexity index is 479. The van der Waals surface area contributed by atoms with E-state index in [1.807, 2.05) is 11.8 Å². The monoisotopic (exact) mass is 308 g/mol. The summed E-state index contributed by atoms with van der Waals surface area (Å²) in [5.41, 5.74) is 0.410. The van der Waals surface area contributed by atoms with E-state index in [9.17, 15) is 5.11 Å². The van der Waals surface area contributed by atoms with E-state index in [2.05, 4.69) is 30.8 Å². The molecule has 0 bridgehead atoms. The lowest BCUT2D eigenvalue weighted by molar-refractivity contribution is -0.0520. The molecule has 1 aliphatic carbocycles. The van der Waals surface area contributed by atoms with Crippen molar-refractivity contribution in [3.63, 3.8) is 0 Å². The molecule has 2 aliphatic rings. The van der Waals surface area contributed by atoms with Crippen molar-refractivity contribution < 1.29 is 5.11 Å². The number of aliphatic hydroxyl groups is 1. The third kappa shape index (κ3) is 3.16. The second kappa shape index (κ2) is 5.96. The van der Waals surface area contributed by atoms with Crippen LogP contribution in [0.5, 0.6) is 0 Å². The lowest BCUT2D eigenvalue weighted by Crippen LogP contribution is -2.51. The van der Waals surface area contributed by atoms with Crippen LogP contribution in [0.25, 0.3) is 0 Å². The van der Waals surface area contributed by atoms with Crippen LogP contribution in [0.15, 0.2) is 12.3 Å². The van der Waals surface area contributed by atoms with Crippen LogP contribution in [-0.2, 0) is 6.42 Å². The largest absolute Gasteiger partial charge is 0.388 e. The minimum absolute atomic E-state index is 0.0210. The van der Waals surface area contributed by atoms with Crippen LogP contribution >= 0.6 is 11.8 Å². The Kier molecular flexibility index (Phi) is 4.37. The highest BCUT2D eigenvalue weighted by atomic mass is 32.2. The van der Waals surface area contributed by atoms with E-state index in [0.29, 0.717) is 12.5 Å². The average Bonchev–Trinajstić information content (AvgIpc) is 2.92. The molecule has 21 heavy (non-hydrogen) atoms. The first-order chi connectivity index (χ1) is 10.0. The number of rotatable bonds is 3. The fourth-order valence-corrected chi connectivity index (χ4v) is 5.24. The molecule has 2 heterocycles. The Morgan fingerprint density at radius 1 is 1.33 bits per heavy atom. The summed E-state index contributed by atoms with van der Waals surface area (Å²) in [7, 11) is 0. The molecular formula is C17H28N2OS. The molecule has 0 aromatic carbocycles. The number of nitrogens with zero attached hydrogens (tertiary/aromatic N) is 2. The molecule has 118 valence electrons. The van der Waals surface area contributed by atoms with E-state index in [-0.39, 0.29) is 5.41 Å². The van der Waals surface area contributed by atoms with Crippen molar-refractivity contribution in [2.45, 2.75) is 70.4 Å². The van der Waals surface area contributed by atoms with Crippen LogP contribution in [-0.4, -0.2) is 32.0 Å². The number of aromatic nitrogens is 2. The van der Waals surface area contributed by atoms with Gasteiger partial charge in [-0.2, -0.15) is 16.9 Å². The van der Waals surface area contributed by atoms with Gasteiger partial charge >= 0.3 is 0 Å². The predicted octanol–water partition coefficient (Wildman–Crippen LogP) is 3.83. The van der Waals surface area contributed by atoms with Gasteiger partial charge in [-0.3, -0.25) is 4.68 Å². The van der Waals surface area contributed by atoms with E-state index >= 15 is 0 Å². The van der Waals surface area contributed by atoms with E-state index < -0.39 is 5.60 Å². The van der Waals surface area contributed by atoms with Crippen LogP contribution in [0.3, 0.4) is 0 Å². The van der Waals surface area contributed by atoms with Crippen LogP contribution in [0.1, 0.15) is 64.1 Å². The molecule has 4 heteroatoms. The first kappa shape index (κ1) is 15.4. The molecule has 1 aromatic rings. The summed E-state index contributed by atoms with van der Waals surface area (Å²) in [6.45, 7) is 4.40. The van der Waals surface area contributed by atoms with E-state index in [1.165, 1.54) is 32.1 Å². The van der Waals surface area contributed by atoms with Gasteiger partial charge in [-0.25, -0.2) is 0 Å². The molecule has 1 saturated carbocycles. The zero-order valence-electron chi connectivity index (χ0n) is 13.3. The van der Waals surface area contributed by atoms with Crippen molar-refractivity contribution in [2.75, 3.05) is 11.5 Å². The maximum absolute atomic E-state index is 11.1. The molecule has 1 saturated heterocycles. The van der Waals surface area contributed by atoms with Crippen LogP contribution < -0.4 is 0 Å². The van der Waals surface area contributed by atoms with Crippen LogP contribution in [0.2, 0.25) is 0 Å². The topological polar surface area (TPSA) is 38.0 Å². The van der Waals surface area contributed by atoms with Gasteiger partial charge in [0.05, 0.1) is 17.3 Å². The molecule has 3 rings (SSSR count). The van der Waals surface area contributed by atoms with E-state index in [4.69, 9.17) is 5.10 Å². The zero-order chi connectivity index (χ0) is 14.9. The average molecular weight is 308 g/mol. The maximum atomic E-state index is 11.1. The van der Waals surface area contributed by atoms with Gasteiger partial charge in [-0.05, 0) is 36.5 Å². The Morgan fingerprint density at radius 3 is 2.81 bits per heavy atom. The lowest BCUT2D eigenvalue weighted by atomic mass is 9.71. The summed E-state index contributed by atoms with van der Waals surface area (Å²) in [6, 6.07) is 2.69. The summed E-state index contributed by atoms with van der Waals surface area (Å²) >= 11 is 1.87. The van der Waals surface area contributed by atoms with Crippen molar-refractivity contribution in [3.05, 3.63) is 18.0 Å². The van der Waals surface area contributed by atoms with Crippen molar-refractivity contribution in [3.8, 4) is 0 Å². The lowest BCUT2D eigenvalue weighted by Gasteiger charge is -2.46. The molecule has 1 atom stereocenters. The first-order valence-corrected chi connectivity index (χ1v) is 9.50. The number of thioether (sulfide) groups is 1. The SMILES string of the molecule is CC1(C)CCSCC1(O)Cc1ccn(C2CCCCC2)n1. The highest BCUT2D eigenvalue weighted by molar-refractivity contribution is 7.99. The number of hydrogen-bond donors (Lipinski definition) is 1. The second-order valence-corrected chi connectivity index (χ2v) is 8.58. The highest BCUT2D eigenvalue weighted by Gasteiger charge is 2.45. The van der Waals surface area contributed by atoms with E-state index in [1.54, 1.807) is 0 Å². The summed E-state index contributed by atoms with van der Waals surface area (Å²) in [4.78, 5) is 0. The molecule has 1 aliphatic heterocycles. The minimum Gasteiger partial charge on any atom is -0.388 e. The summed E-state index contributed by atoms with van der Waals surface area (Å²) in [6.07, 6.45) is 10.4. The minimum atomic E-state index is -0.623. The molecule has 3 nitrogen and oxygen atoms in total. The smallest absolute Gasteiger partial charge is 0.0844 e. The molecule has 1 aromatic heterocycles. The van der Waals surface area contributed by atoms with Crippen molar-refractivity contribution in [2.24, 2.45) is 5.41 Å². The molecule has 1 unspecified atom stereocenters. The van der Waals surface area contributed by atoms with Crippen molar-refractivity contribution >= 4 is 11.8 Å². The number of hydrogen-bond acceptors (Lipinski definition) is 3. The summed E-state index contributed by atoms with van der Waals surface area (Å²) < 4.78 is 2.15. The Hall–Kier alpha value is -0.480. The molecular weight excluding hydrogens is 280 g/mol. The standard InChI is InChI=1S/C17H28N2OS/c1-16(2)9-11-21-13-17(16,20)12-14-8-10-19(18-14)15-6-4-3-5-7-15/h8,10,15,20H,3-7,9,11-13H2,1-2H3. The third-order valence-corrected chi connectivity index (χ3v) is 6.73. The molecule has 2 fully saturated rings. The maximum Gasteiger partial charge on any atom is 0.0844 e. The quantitative estimate of drug-likeness (QED) is 0.922. The Labute approximate surface area is 132 Å².